The van der Waals surface area contributed by atoms with Crippen LogP contribution in [0, 0.1) is 5.82 Å². The highest BCUT2D eigenvalue weighted by Gasteiger charge is 2.11. The van der Waals surface area contributed by atoms with Gasteiger partial charge in [0, 0.05) is 11.5 Å². The number of aromatic amines is 1. The third kappa shape index (κ3) is 1.38. The van der Waals surface area contributed by atoms with Gasteiger partial charge in [0.1, 0.15) is 5.82 Å². The van der Waals surface area contributed by atoms with Gasteiger partial charge >= 0.3 is 0 Å². The molecule has 0 fully saturated rings. The molecule has 1 aromatic carbocycles. The first-order valence-corrected chi connectivity index (χ1v) is 4.80. The molecule has 2 nitrogen and oxygen atoms in total. The summed E-state index contributed by atoms with van der Waals surface area (Å²) in [5.41, 5.74) is 1.61. The van der Waals surface area contributed by atoms with Gasteiger partial charge in [-0.2, -0.15) is 5.10 Å². The minimum absolute atomic E-state index is 0.140. The molecule has 0 unspecified atom stereocenters. The average molecular weight is 213 g/mol. The quantitative estimate of drug-likeness (QED) is 0.770. The molecule has 1 N–H and O–H groups in total. The molecule has 0 aliphatic carbocycles. The van der Waals surface area contributed by atoms with Crippen molar-refractivity contribution < 1.29 is 4.39 Å². The molecule has 1 heterocycles. The first-order chi connectivity index (χ1) is 6.59. The van der Waals surface area contributed by atoms with Crippen LogP contribution in [0.4, 0.5) is 4.39 Å². The molecular weight excluding hydrogens is 203 g/mol. The van der Waals surface area contributed by atoms with Crippen molar-refractivity contribution in [2.45, 2.75) is 19.8 Å². The molecule has 0 radical (unpaired) electrons. The van der Waals surface area contributed by atoms with E-state index >= 15 is 0 Å². The zero-order valence-electron chi connectivity index (χ0n) is 7.94. The normalized spacial score (nSPS) is 11.5. The first kappa shape index (κ1) is 9.46. The van der Waals surface area contributed by atoms with Crippen LogP contribution >= 0.6 is 11.6 Å². The molecular formula is C10H10ClFN2. The lowest BCUT2D eigenvalue weighted by Crippen LogP contribution is -1.87. The van der Waals surface area contributed by atoms with E-state index in [4.69, 9.17) is 11.6 Å². The predicted molar refractivity (Wildman–Crippen MR) is 55.2 cm³/mol. The Morgan fingerprint density at radius 3 is 2.79 bits per heavy atom. The smallest absolute Gasteiger partial charge is 0.143 e. The third-order valence-electron chi connectivity index (χ3n) is 2.18. The summed E-state index contributed by atoms with van der Waals surface area (Å²) in [5, 5.41) is 7.95. The minimum atomic E-state index is -0.418. The van der Waals surface area contributed by atoms with Gasteiger partial charge in [-0.1, -0.05) is 25.4 Å². The lowest BCUT2D eigenvalue weighted by atomic mass is 10.1. The van der Waals surface area contributed by atoms with Crippen molar-refractivity contribution in [3.63, 3.8) is 0 Å². The fourth-order valence-corrected chi connectivity index (χ4v) is 1.64. The van der Waals surface area contributed by atoms with Gasteiger partial charge in [-0.25, -0.2) is 4.39 Å². The molecule has 4 heteroatoms. The number of H-pyrrole nitrogens is 1. The molecule has 0 bridgehead atoms. The van der Waals surface area contributed by atoms with Crippen molar-refractivity contribution >= 4 is 22.5 Å². The zero-order valence-corrected chi connectivity index (χ0v) is 8.69. The van der Waals surface area contributed by atoms with E-state index in [1.165, 1.54) is 6.07 Å². The molecule has 0 amide bonds. The van der Waals surface area contributed by atoms with Crippen LogP contribution in [0.3, 0.4) is 0 Å². The second-order valence-corrected chi connectivity index (χ2v) is 3.98. The Labute approximate surface area is 86.1 Å². The molecule has 2 rings (SSSR count). The molecule has 2 aromatic rings. The maximum absolute atomic E-state index is 13.1. The third-order valence-corrected chi connectivity index (χ3v) is 2.47. The van der Waals surface area contributed by atoms with Crippen molar-refractivity contribution in [3.05, 3.63) is 28.7 Å². The Balaban J connectivity index is 2.74. The van der Waals surface area contributed by atoms with Gasteiger partial charge in [0.15, 0.2) is 0 Å². The van der Waals surface area contributed by atoms with Gasteiger partial charge < -0.3 is 0 Å². The van der Waals surface area contributed by atoms with Crippen LogP contribution in [-0.2, 0) is 0 Å². The Morgan fingerprint density at radius 2 is 2.14 bits per heavy atom. The predicted octanol–water partition coefficient (Wildman–Crippen LogP) is 3.48. The summed E-state index contributed by atoms with van der Waals surface area (Å²) in [5.74, 6) is -0.122. The monoisotopic (exact) mass is 212 g/mol. The van der Waals surface area contributed by atoms with Crippen molar-refractivity contribution in [2.75, 3.05) is 0 Å². The van der Waals surface area contributed by atoms with Gasteiger partial charge in [0.2, 0.25) is 0 Å². The number of benzene rings is 1. The van der Waals surface area contributed by atoms with Gasteiger partial charge in [0.05, 0.1) is 16.2 Å². The van der Waals surface area contributed by atoms with E-state index in [0.717, 1.165) is 11.1 Å². The fraction of sp³-hybridized carbons (Fsp3) is 0.300. The lowest BCUT2D eigenvalue weighted by Gasteiger charge is -2.00. The number of hydrogen-bond donors (Lipinski definition) is 1. The standard InChI is InChI=1S/C10H10ClFN2/c1-5(2)10-6-3-7(11)8(12)4-9(6)13-14-10/h3-5H,1-2H3,(H,13,14). The molecule has 74 valence electrons. The van der Waals surface area contributed by atoms with E-state index in [0.29, 0.717) is 11.4 Å². The summed E-state index contributed by atoms with van der Waals surface area (Å²) in [6, 6.07) is 2.99. The number of nitrogens with zero attached hydrogens (tertiary/aromatic N) is 1. The van der Waals surface area contributed by atoms with E-state index in [-0.39, 0.29) is 5.02 Å². The Bertz CT molecular complexity index is 476. The van der Waals surface area contributed by atoms with Crippen LogP contribution < -0.4 is 0 Å². The topological polar surface area (TPSA) is 28.7 Å². The van der Waals surface area contributed by atoms with Crippen LogP contribution in [0.5, 0.6) is 0 Å². The van der Waals surface area contributed by atoms with E-state index < -0.39 is 5.82 Å². The maximum Gasteiger partial charge on any atom is 0.143 e. The second-order valence-electron chi connectivity index (χ2n) is 3.58. The van der Waals surface area contributed by atoms with Crippen molar-refractivity contribution in [1.82, 2.24) is 10.2 Å². The SMILES string of the molecule is CC(C)c1n[nH]c2cc(F)c(Cl)cc12. The van der Waals surface area contributed by atoms with Crippen molar-refractivity contribution in [2.24, 2.45) is 0 Å². The Kier molecular flexibility index (Phi) is 2.19. The van der Waals surface area contributed by atoms with E-state index in [9.17, 15) is 4.39 Å². The molecule has 0 aliphatic heterocycles. The van der Waals surface area contributed by atoms with Crippen LogP contribution in [0.1, 0.15) is 25.5 Å². The summed E-state index contributed by atoms with van der Waals surface area (Å²) in [7, 11) is 0. The molecule has 0 saturated carbocycles. The largest absolute Gasteiger partial charge is 0.277 e. The molecule has 0 saturated heterocycles. The van der Waals surface area contributed by atoms with E-state index in [1.54, 1.807) is 6.07 Å². The summed E-state index contributed by atoms with van der Waals surface area (Å²) in [6.45, 7) is 4.07. The maximum atomic E-state index is 13.1. The van der Waals surface area contributed by atoms with Crippen LogP contribution in [-0.4, -0.2) is 10.2 Å². The number of rotatable bonds is 1. The lowest BCUT2D eigenvalue weighted by molar-refractivity contribution is 0.630. The molecule has 0 spiro atoms. The van der Waals surface area contributed by atoms with E-state index in [2.05, 4.69) is 10.2 Å². The number of fused-ring (bicyclic) bond motifs is 1. The minimum Gasteiger partial charge on any atom is -0.277 e. The van der Waals surface area contributed by atoms with Gasteiger partial charge in [-0.15, -0.1) is 0 Å². The number of aromatic nitrogens is 2. The van der Waals surface area contributed by atoms with Crippen LogP contribution in [0.2, 0.25) is 5.02 Å². The summed E-state index contributed by atoms with van der Waals surface area (Å²) in [4.78, 5) is 0. The fourth-order valence-electron chi connectivity index (χ4n) is 1.47. The number of hydrogen-bond acceptors (Lipinski definition) is 1. The second kappa shape index (κ2) is 3.24. The summed E-state index contributed by atoms with van der Waals surface area (Å²) >= 11 is 5.70. The Morgan fingerprint density at radius 1 is 1.43 bits per heavy atom. The highest BCUT2D eigenvalue weighted by atomic mass is 35.5. The van der Waals surface area contributed by atoms with Gasteiger partial charge in [-0.3, -0.25) is 5.10 Å². The first-order valence-electron chi connectivity index (χ1n) is 4.42. The number of halogens is 2. The molecule has 1 aromatic heterocycles. The van der Waals surface area contributed by atoms with Crippen molar-refractivity contribution in [3.8, 4) is 0 Å². The summed E-state index contributed by atoms with van der Waals surface area (Å²) in [6.07, 6.45) is 0. The molecule has 0 atom stereocenters. The molecule has 0 aliphatic rings. The average Bonchev–Trinajstić information content (AvgIpc) is 2.48. The van der Waals surface area contributed by atoms with Crippen LogP contribution in [0.15, 0.2) is 12.1 Å². The van der Waals surface area contributed by atoms with Crippen molar-refractivity contribution in [1.29, 1.82) is 0 Å². The zero-order chi connectivity index (χ0) is 10.3. The molecule has 14 heavy (non-hydrogen) atoms. The van der Waals surface area contributed by atoms with Gasteiger partial charge in [-0.05, 0) is 12.0 Å². The Hall–Kier alpha value is -1.09. The van der Waals surface area contributed by atoms with Crippen LogP contribution in [0.25, 0.3) is 10.9 Å². The highest BCUT2D eigenvalue weighted by Crippen LogP contribution is 2.27. The number of nitrogens with one attached hydrogen (secondary N) is 1. The summed E-state index contributed by atoms with van der Waals surface area (Å²) < 4.78 is 13.1. The highest BCUT2D eigenvalue weighted by molar-refractivity contribution is 6.31. The van der Waals surface area contributed by atoms with Gasteiger partial charge in [0.25, 0.3) is 0 Å². The van der Waals surface area contributed by atoms with E-state index in [1.807, 2.05) is 13.8 Å².